The van der Waals surface area contributed by atoms with Crippen LogP contribution in [0.25, 0.3) is 0 Å². The number of halogens is 1. The lowest BCUT2D eigenvalue weighted by atomic mass is 9.95. The Hall–Kier alpha value is -1.48. The SMILES string of the molecule is Cl.NC(N)=Nc1cccc2c1CC=CC2. The molecule has 0 saturated heterocycles. The lowest BCUT2D eigenvalue weighted by Gasteiger charge is -2.12. The number of nitrogens with zero attached hydrogens (tertiary/aromatic N) is 1. The maximum absolute atomic E-state index is 5.37. The monoisotopic (exact) mass is 223 g/mol. The highest BCUT2D eigenvalue weighted by atomic mass is 35.5. The average Bonchev–Trinajstić information content (AvgIpc) is 2.18. The minimum absolute atomic E-state index is 0. The van der Waals surface area contributed by atoms with Gasteiger partial charge in [0.1, 0.15) is 0 Å². The van der Waals surface area contributed by atoms with Crippen LogP contribution in [0.1, 0.15) is 11.1 Å². The summed E-state index contributed by atoms with van der Waals surface area (Å²) in [5.74, 6) is 0.118. The van der Waals surface area contributed by atoms with Crippen molar-refractivity contribution in [2.24, 2.45) is 16.5 Å². The van der Waals surface area contributed by atoms with Crippen molar-refractivity contribution >= 4 is 24.1 Å². The van der Waals surface area contributed by atoms with Crippen LogP contribution in [0.4, 0.5) is 5.69 Å². The number of hydrogen-bond acceptors (Lipinski definition) is 1. The van der Waals surface area contributed by atoms with Crippen LogP contribution < -0.4 is 11.5 Å². The Morgan fingerprint density at radius 3 is 2.60 bits per heavy atom. The third kappa shape index (κ3) is 2.50. The van der Waals surface area contributed by atoms with Gasteiger partial charge in [-0.1, -0.05) is 24.3 Å². The summed E-state index contributed by atoms with van der Waals surface area (Å²) in [6.07, 6.45) is 6.21. The smallest absolute Gasteiger partial charge is 0.191 e. The first-order valence-corrected chi connectivity index (χ1v) is 4.63. The zero-order valence-electron chi connectivity index (χ0n) is 8.31. The molecule has 0 spiro atoms. The summed E-state index contributed by atoms with van der Waals surface area (Å²) in [5, 5.41) is 0. The van der Waals surface area contributed by atoms with E-state index in [9.17, 15) is 0 Å². The second-order valence-corrected chi connectivity index (χ2v) is 3.33. The number of benzene rings is 1. The van der Waals surface area contributed by atoms with Crippen molar-refractivity contribution < 1.29 is 0 Å². The molecule has 1 aliphatic carbocycles. The van der Waals surface area contributed by atoms with E-state index in [2.05, 4.69) is 23.2 Å². The molecular weight excluding hydrogens is 210 g/mol. The van der Waals surface area contributed by atoms with Crippen LogP contribution in [0, 0.1) is 0 Å². The molecule has 0 bridgehead atoms. The number of guanidine groups is 1. The molecule has 1 aliphatic rings. The average molecular weight is 224 g/mol. The topological polar surface area (TPSA) is 64.4 Å². The predicted octanol–water partition coefficient (Wildman–Crippen LogP) is 1.67. The van der Waals surface area contributed by atoms with E-state index in [-0.39, 0.29) is 18.4 Å². The standard InChI is InChI=1S/C11H13N3.ClH/c12-11(13)14-10-7-3-5-8-4-1-2-6-9(8)10;/h1-3,5,7H,4,6H2,(H4,12,13,14);1H. The van der Waals surface area contributed by atoms with Crippen LogP contribution >= 0.6 is 12.4 Å². The second kappa shape index (κ2) is 4.84. The van der Waals surface area contributed by atoms with Crippen LogP contribution in [0.3, 0.4) is 0 Å². The van der Waals surface area contributed by atoms with Gasteiger partial charge < -0.3 is 11.5 Å². The summed E-state index contributed by atoms with van der Waals surface area (Å²) in [6, 6.07) is 6.04. The van der Waals surface area contributed by atoms with Crippen molar-refractivity contribution in [2.75, 3.05) is 0 Å². The van der Waals surface area contributed by atoms with Crippen LogP contribution in [0.5, 0.6) is 0 Å². The summed E-state index contributed by atoms with van der Waals surface area (Å²) in [6.45, 7) is 0. The van der Waals surface area contributed by atoms with Gasteiger partial charge in [-0.3, -0.25) is 0 Å². The Labute approximate surface area is 95.3 Å². The van der Waals surface area contributed by atoms with Crippen LogP contribution in [0.15, 0.2) is 35.3 Å². The Bertz CT molecular complexity index is 406. The van der Waals surface area contributed by atoms with Crippen molar-refractivity contribution in [1.82, 2.24) is 0 Å². The minimum atomic E-state index is 0. The second-order valence-electron chi connectivity index (χ2n) is 3.33. The van der Waals surface area contributed by atoms with Crippen molar-refractivity contribution in [3.8, 4) is 0 Å². The van der Waals surface area contributed by atoms with Crippen molar-refractivity contribution in [3.05, 3.63) is 41.5 Å². The Kier molecular flexibility index (Phi) is 3.74. The molecule has 0 saturated carbocycles. The van der Waals surface area contributed by atoms with Gasteiger partial charge in [-0.15, -0.1) is 12.4 Å². The van der Waals surface area contributed by atoms with E-state index < -0.39 is 0 Å². The third-order valence-corrected chi connectivity index (χ3v) is 2.32. The van der Waals surface area contributed by atoms with E-state index >= 15 is 0 Å². The summed E-state index contributed by atoms with van der Waals surface area (Å²) in [5.41, 5.74) is 14.2. The number of aliphatic imine (C=N–C) groups is 1. The molecular formula is C11H14ClN3. The first kappa shape index (κ1) is 11.6. The van der Waals surface area contributed by atoms with E-state index in [1.807, 2.05) is 12.1 Å². The molecule has 15 heavy (non-hydrogen) atoms. The zero-order valence-corrected chi connectivity index (χ0v) is 9.13. The minimum Gasteiger partial charge on any atom is -0.370 e. The summed E-state index contributed by atoms with van der Waals surface area (Å²) in [7, 11) is 0. The molecule has 0 amide bonds. The zero-order chi connectivity index (χ0) is 9.97. The van der Waals surface area contributed by atoms with E-state index in [0.717, 1.165) is 18.5 Å². The first-order valence-electron chi connectivity index (χ1n) is 4.63. The molecule has 1 aromatic carbocycles. The Morgan fingerprint density at radius 1 is 1.13 bits per heavy atom. The molecule has 4 heteroatoms. The van der Waals surface area contributed by atoms with Gasteiger partial charge in [0.15, 0.2) is 5.96 Å². The van der Waals surface area contributed by atoms with Gasteiger partial charge >= 0.3 is 0 Å². The van der Waals surface area contributed by atoms with Gasteiger partial charge in [0.05, 0.1) is 5.69 Å². The van der Waals surface area contributed by atoms with Gasteiger partial charge in [-0.2, -0.15) is 0 Å². The number of nitrogens with two attached hydrogens (primary N) is 2. The molecule has 0 unspecified atom stereocenters. The number of fused-ring (bicyclic) bond motifs is 1. The van der Waals surface area contributed by atoms with Gasteiger partial charge in [-0.25, -0.2) is 4.99 Å². The van der Waals surface area contributed by atoms with E-state index in [0.29, 0.717) is 0 Å². The highest BCUT2D eigenvalue weighted by Crippen LogP contribution is 2.26. The van der Waals surface area contributed by atoms with Crippen molar-refractivity contribution in [1.29, 1.82) is 0 Å². The van der Waals surface area contributed by atoms with Crippen molar-refractivity contribution in [2.45, 2.75) is 12.8 Å². The number of rotatable bonds is 1. The normalized spacial score (nSPS) is 12.5. The molecule has 0 fully saturated rings. The van der Waals surface area contributed by atoms with Crippen molar-refractivity contribution in [3.63, 3.8) is 0 Å². The molecule has 1 aromatic rings. The van der Waals surface area contributed by atoms with Gasteiger partial charge in [-0.05, 0) is 30.0 Å². The summed E-state index contributed by atoms with van der Waals surface area (Å²) in [4.78, 5) is 4.11. The quantitative estimate of drug-likeness (QED) is 0.432. The van der Waals surface area contributed by atoms with E-state index in [1.54, 1.807) is 0 Å². The lowest BCUT2D eigenvalue weighted by Crippen LogP contribution is -2.22. The summed E-state index contributed by atoms with van der Waals surface area (Å²) >= 11 is 0. The maximum atomic E-state index is 5.37. The maximum Gasteiger partial charge on any atom is 0.191 e. The molecule has 3 nitrogen and oxygen atoms in total. The third-order valence-electron chi connectivity index (χ3n) is 2.32. The highest BCUT2D eigenvalue weighted by Gasteiger charge is 2.08. The fraction of sp³-hybridized carbons (Fsp3) is 0.182. The fourth-order valence-electron chi connectivity index (χ4n) is 1.70. The van der Waals surface area contributed by atoms with Gasteiger partial charge in [0.2, 0.25) is 0 Å². The molecule has 4 N–H and O–H groups in total. The van der Waals surface area contributed by atoms with Crippen LogP contribution in [-0.4, -0.2) is 5.96 Å². The lowest BCUT2D eigenvalue weighted by molar-refractivity contribution is 1.09. The molecule has 2 rings (SSSR count). The highest BCUT2D eigenvalue weighted by molar-refractivity contribution is 5.85. The largest absolute Gasteiger partial charge is 0.370 e. The first-order chi connectivity index (χ1) is 6.77. The molecule has 80 valence electrons. The summed E-state index contributed by atoms with van der Waals surface area (Å²) < 4.78 is 0. The van der Waals surface area contributed by atoms with Gasteiger partial charge in [0, 0.05) is 0 Å². The Balaban J connectivity index is 0.00000112. The molecule has 0 heterocycles. The van der Waals surface area contributed by atoms with Gasteiger partial charge in [0.25, 0.3) is 0 Å². The van der Waals surface area contributed by atoms with Crippen LogP contribution in [0.2, 0.25) is 0 Å². The number of hydrogen-bond donors (Lipinski definition) is 2. The van der Waals surface area contributed by atoms with E-state index in [1.165, 1.54) is 11.1 Å². The predicted molar refractivity (Wildman–Crippen MR) is 65.7 cm³/mol. The molecule has 0 atom stereocenters. The van der Waals surface area contributed by atoms with E-state index in [4.69, 9.17) is 11.5 Å². The number of allylic oxidation sites excluding steroid dienone is 2. The molecule has 0 aliphatic heterocycles. The fourth-order valence-corrected chi connectivity index (χ4v) is 1.70. The Morgan fingerprint density at radius 2 is 1.87 bits per heavy atom. The van der Waals surface area contributed by atoms with Crippen LogP contribution in [-0.2, 0) is 12.8 Å². The molecule has 0 aromatic heterocycles. The molecule has 0 radical (unpaired) electrons.